The summed E-state index contributed by atoms with van der Waals surface area (Å²) in [5.74, 6) is 1.90. The van der Waals surface area contributed by atoms with Crippen molar-refractivity contribution in [3.8, 4) is 22.8 Å². The van der Waals surface area contributed by atoms with Crippen LogP contribution in [0.1, 0.15) is 5.56 Å². The average molecular weight is 371 g/mol. The first-order valence-corrected chi connectivity index (χ1v) is 9.01. The van der Waals surface area contributed by atoms with Crippen molar-refractivity contribution < 1.29 is 9.47 Å². The predicted octanol–water partition coefficient (Wildman–Crippen LogP) is 5.37. The first-order valence-electron chi connectivity index (χ1n) is 9.01. The van der Waals surface area contributed by atoms with Crippen molar-refractivity contribution in [3.63, 3.8) is 0 Å². The third-order valence-corrected chi connectivity index (χ3v) is 4.55. The van der Waals surface area contributed by atoms with Crippen LogP contribution in [-0.4, -0.2) is 24.2 Å². The van der Waals surface area contributed by atoms with Crippen LogP contribution >= 0.6 is 0 Å². The van der Waals surface area contributed by atoms with Gasteiger partial charge in [0, 0.05) is 17.0 Å². The van der Waals surface area contributed by atoms with Crippen LogP contribution in [0.3, 0.4) is 0 Å². The molecule has 5 nitrogen and oxygen atoms in total. The van der Waals surface area contributed by atoms with Gasteiger partial charge in [0.2, 0.25) is 5.95 Å². The van der Waals surface area contributed by atoms with E-state index < -0.39 is 0 Å². The van der Waals surface area contributed by atoms with Crippen LogP contribution in [-0.2, 0) is 0 Å². The molecule has 0 spiro atoms. The fraction of sp³-hybridized carbons (Fsp3) is 0.130. The standard InChI is InChI=1S/C23H21N3O2/c1-15-9-11-19-18(13-15)22(16-7-5-4-6-8-16)26-23(24-19)25-20-12-10-17(27-2)14-21(20)28-3/h4-14H,1-3H3,(H,24,25,26). The van der Waals surface area contributed by atoms with E-state index in [1.165, 1.54) is 5.56 Å². The quantitative estimate of drug-likeness (QED) is 0.511. The number of fused-ring (bicyclic) bond motifs is 1. The first-order chi connectivity index (χ1) is 13.7. The second-order valence-electron chi connectivity index (χ2n) is 6.47. The third kappa shape index (κ3) is 3.47. The normalized spacial score (nSPS) is 10.7. The van der Waals surface area contributed by atoms with Gasteiger partial charge in [-0.25, -0.2) is 9.97 Å². The fourth-order valence-electron chi connectivity index (χ4n) is 3.14. The Hall–Kier alpha value is -3.60. The van der Waals surface area contributed by atoms with Gasteiger partial charge in [0.25, 0.3) is 0 Å². The highest BCUT2D eigenvalue weighted by atomic mass is 16.5. The van der Waals surface area contributed by atoms with E-state index in [4.69, 9.17) is 19.4 Å². The fourth-order valence-corrected chi connectivity index (χ4v) is 3.14. The molecular formula is C23H21N3O2. The number of aromatic nitrogens is 2. The minimum atomic E-state index is 0.513. The zero-order chi connectivity index (χ0) is 19.5. The SMILES string of the molecule is COc1ccc(Nc2nc(-c3ccccc3)c3cc(C)ccc3n2)c(OC)c1. The number of benzene rings is 3. The van der Waals surface area contributed by atoms with Gasteiger partial charge in [-0.2, -0.15) is 0 Å². The van der Waals surface area contributed by atoms with Crippen molar-refractivity contribution in [3.05, 3.63) is 72.3 Å². The molecule has 0 radical (unpaired) electrons. The second kappa shape index (κ2) is 7.56. The molecule has 0 aliphatic carbocycles. The minimum absolute atomic E-state index is 0.513. The molecule has 0 amide bonds. The topological polar surface area (TPSA) is 56.3 Å². The molecule has 0 atom stereocenters. The van der Waals surface area contributed by atoms with Gasteiger partial charge in [-0.15, -0.1) is 0 Å². The van der Waals surface area contributed by atoms with Crippen LogP contribution in [0.5, 0.6) is 11.5 Å². The molecule has 4 aromatic rings. The number of hydrogen-bond donors (Lipinski definition) is 1. The van der Waals surface area contributed by atoms with Gasteiger partial charge in [-0.3, -0.25) is 0 Å². The van der Waals surface area contributed by atoms with Crippen LogP contribution < -0.4 is 14.8 Å². The molecule has 28 heavy (non-hydrogen) atoms. The monoisotopic (exact) mass is 371 g/mol. The lowest BCUT2D eigenvalue weighted by Gasteiger charge is -2.14. The molecule has 5 heteroatoms. The van der Waals surface area contributed by atoms with Crippen LogP contribution in [0.4, 0.5) is 11.6 Å². The Kier molecular flexibility index (Phi) is 4.81. The largest absolute Gasteiger partial charge is 0.497 e. The number of nitrogens with zero attached hydrogens (tertiary/aromatic N) is 2. The number of aryl methyl sites for hydroxylation is 1. The Morgan fingerprint density at radius 3 is 2.39 bits per heavy atom. The van der Waals surface area contributed by atoms with E-state index in [1.54, 1.807) is 14.2 Å². The molecular weight excluding hydrogens is 350 g/mol. The molecule has 1 N–H and O–H groups in total. The predicted molar refractivity (Wildman–Crippen MR) is 113 cm³/mol. The van der Waals surface area contributed by atoms with E-state index in [0.29, 0.717) is 11.7 Å². The Bertz CT molecular complexity index is 1130. The number of methoxy groups -OCH3 is 2. The summed E-state index contributed by atoms with van der Waals surface area (Å²) >= 11 is 0. The maximum absolute atomic E-state index is 5.48. The highest BCUT2D eigenvalue weighted by Crippen LogP contribution is 2.33. The van der Waals surface area contributed by atoms with Crippen molar-refractivity contribution in [2.45, 2.75) is 6.92 Å². The van der Waals surface area contributed by atoms with Gasteiger partial charge >= 0.3 is 0 Å². The summed E-state index contributed by atoms with van der Waals surface area (Å²) in [4.78, 5) is 9.52. The summed E-state index contributed by atoms with van der Waals surface area (Å²) in [6, 6.07) is 21.9. The molecule has 140 valence electrons. The molecule has 0 unspecified atom stereocenters. The van der Waals surface area contributed by atoms with Gasteiger partial charge in [-0.05, 0) is 31.2 Å². The molecule has 0 bridgehead atoms. The van der Waals surface area contributed by atoms with Crippen molar-refractivity contribution >= 4 is 22.5 Å². The molecule has 0 saturated heterocycles. The second-order valence-corrected chi connectivity index (χ2v) is 6.47. The van der Waals surface area contributed by atoms with Crippen molar-refractivity contribution in [2.24, 2.45) is 0 Å². The summed E-state index contributed by atoms with van der Waals surface area (Å²) in [5.41, 5.74) is 4.77. The van der Waals surface area contributed by atoms with Gasteiger partial charge < -0.3 is 14.8 Å². The van der Waals surface area contributed by atoms with Crippen molar-refractivity contribution in [2.75, 3.05) is 19.5 Å². The average Bonchev–Trinajstić information content (AvgIpc) is 2.74. The maximum Gasteiger partial charge on any atom is 0.228 e. The molecule has 3 aromatic carbocycles. The highest BCUT2D eigenvalue weighted by molar-refractivity contribution is 5.93. The van der Waals surface area contributed by atoms with Crippen LogP contribution in [0, 0.1) is 6.92 Å². The summed E-state index contributed by atoms with van der Waals surface area (Å²) in [7, 11) is 3.25. The molecule has 0 saturated carbocycles. The Balaban J connectivity index is 1.84. The molecule has 4 rings (SSSR count). The van der Waals surface area contributed by atoms with E-state index in [-0.39, 0.29) is 0 Å². The van der Waals surface area contributed by atoms with Gasteiger partial charge in [0.05, 0.1) is 31.1 Å². The smallest absolute Gasteiger partial charge is 0.228 e. The molecule has 0 aliphatic rings. The zero-order valence-electron chi connectivity index (χ0n) is 16.1. The number of nitrogens with one attached hydrogen (secondary N) is 1. The van der Waals surface area contributed by atoms with Crippen molar-refractivity contribution in [1.82, 2.24) is 9.97 Å². The lowest BCUT2D eigenvalue weighted by Crippen LogP contribution is -2.02. The van der Waals surface area contributed by atoms with Gasteiger partial charge in [0.1, 0.15) is 11.5 Å². The van der Waals surface area contributed by atoms with E-state index >= 15 is 0 Å². The highest BCUT2D eigenvalue weighted by Gasteiger charge is 2.12. The van der Waals surface area contributed by atoms with Crippen LogP contribution in [0.25, 0.3) is 22.2 Å². The van der Waals surface area contributed by atoms with E-state index in [1.807, 2.05) is 42.5 Å². The Labute approximate surface area is 164 Å². The lowest BCUT2D eigenvalue weighted by atomic mass is 10.0. The number of hydrogen-bond acceptors (Lipinski definition) is 5. The van der Waals surface area contributed by atoms with Crippen LogP contribution in [0.2, 0.25) is 0 Å². The van der Waals surface area contributed by atoms with E-state index in [2.05, 4.69) is 36.5 Å². The van der Waals surface area contributed by atoms with E-state index in [9.17, 15) is 0 Å². The number of anilines is 2. The third-order valence-electron chi connectivity index (χ3n) is 4.55. The zero-order valence-corrected chi connectivity index (χ0v) is 16.1. The Morgan fingerprint density at radius 2 is 1.64 bits per heavy atom. The van der Waals surface area contributed by atoms with E-state index in [0.717, 1.165) is 33.6 Å². The lowest BCUT2D eigenvalue weighted by molar-refractivity contribution is 0.395. The number of ether oxygens (including phenoxy) is 2. The summed E-state index contributed by atoms with van der Waals surface area (Å²) in [6.45, 7) is 2.07. The van der Waals surface area contributed by atoms with Gasteiger partial charge in [-0.1, -0.05) is 42.0 Å². The minimum Gasteiger partial charge on any atom is -0.497 e. The first kappa shape index (κ1) is 17.8. The maximum atomic E-state index is 5.48. The molecule has 0 fully saturated rings. The summed E-state index contributed by atoms with van der Waals surface area (Å²) < 4.78 is 10.7. The van der Waals surface area contributed by atoms with Gasteiger partial charge in [0.15, 0.2) is 0 Å². The number of rotatable bonds is 5. The van der Waals surface area contributed by atoms with Crippen LogP contribution in [0.15, 0.2) is 66.7 Å². The Morgan fingerprint density at radius 1 is 0.821 bits per heavy atom. The van der Waals surface area contributed by atoms with Crippen molar-refractivity contribution in [1.29, 1.82) is 0 Å². The summed E-state index contributed by atoms with van der Waals surface area (Å²) in [5, 5.41) is 4.32. The molecule has 1 heterocycles. The molecule has 1 aromatic heterocycles. The molecule has 0 aliphatic heterocycles. The summed E-state index contributed by atoms with van der Waals surface area (Å²) in [6.07, 6.45) is 0.